The number of fused-ring (bicyclic) bond motifs is 1. The normalized spacial score (nSPS) is 11.3. The Hall–Kier alpha value is -3.55. The number of hydrogen-bond acceptors (Lipinski definition) is 5. The monoisotopic (exact) mass is 386 g/mol. The molecule has 0 spiro atoms. The summed E-state index contributed by atoms with van der Waals surface area (Å²) in [6.07, 6.45) is 3.46. The Balaban J connectivity index is 1.88. The van der Waals surface area contributed by atoms with Crippen LogP contribution in [0.15, 0.2) is 48.5 Å². The minimum absolute atomic E-state index is 0.00324. The Morgan fingerprint density at radius 3 is 2.68 bits per heavy atom. The smallest absolute Gasteiger partial charge is 0.387 e. The molecule has 2 aromatic carbocycles. The van der Waals surface area contributed by atoms with Crippen LogP contribution in [0.1, 0.15) is 18.2 Å². The lowest BCUT2D eigenvalue weighted by atomic mass is 10.1. The van der Waals surface area contributed by atoms with Crippen molar-refractivity contribution in [3.05, 3.63) is 69.9 Å². The van der Waals surface area contributed by atoms with E-state index in [0.717, 1.165) is 0 Å². The Morgan fingerprint density at radius 2 is 1.96 bits per heavy atom. The number of benzene rings is 2. The number of alkyl halides is 2. The van der Waals surface area contributed by atoms with Crippen LogP contribution in [0.2, 0.25) is 0 Å². The van der Waals surface area contributed by atoms with E-state index in [0.29, 0.717) is 28.8 Å². The van der Waals surface area contributed by atoms with E-state index in [-0.39, 0.29) is 17.2 Å². The van der Waals surface area contributed by atoms with Gasteiger partial charge in [0.25, 0.3) is 5.69 Å². The van der Waals surface area contributed by atoms with E-state index in [9.17, 15) is 18.9 Å². The van der Waals surface area contributed by atoms with Crippen molar-refractivity contribution >= 4 is 28.7 Å². The first kappa shape index (κ1) is 19.2. The van der Waals surface area contributed by atoms with E-state index >= 15 is 0 Å². The summed E-state index contributed by atoms with van der Waals surface area (Å²) in [5, 5.41) is 11.5. The predicted octanol–water partition coefficient (Wildman–Crippen LogP) is 5.31. The topological polar surface area (TPSA) is 74.5 Å². The molecular weight excluding hydrogens is 370 g/mol. The fourth-order valence-electron chi connectivity index (χ4n) is 2.68. The fourth-order valence-corrected chi connectivity index (χ4v) is 2.68. The maximum absolute atomic E-state index is 12.5. The highest BCUT2D eigenvalue weighted by molar-refractivity contribution is 5.89. The van der Waals surface area contributed by atoms with Gasteiger partial charge in [-0.05, 0) is 48.9 Å². The van der Waals surface area contributed by atoms with Crippen LogP contribution in [0.25, 0.3) is 23.1 Å². The SMILES string of the molecule is CCOc1cc(/C=C/c2ccc3c([N+](=O)[O-])cccc3n2)ccc1OC(F)F. The van der Waals surface area contributed by atoms with Crippen LogP contribution in [0.4, 0.5) is 14.5 Å². The molecule has 0 amide bonds. The lowest BCUT2D eigenvalue weighted by molar-refractivity contribution is -0.383. The van der Waals surface area contributed by atoms with Gasteiger partial charge in [-0.1, -0.05) is 18.2 Å². The number of pyridine rings is 1. The summed E-state index contributed by atoms with van der Waals surface area (Å²) in [4.78, 5) is 15.0. The van der Waals surface area contributed by atoms with Gasteiger partial charge in [0.2, 0.25) is 0 Å². The third-order valence-electron chi connectivity index (χ3n) is 3.86. The molecule has 3 aromatic rings. The predicted molar refractivity (Wildman–Crippen MR) is 102 cm³/mol. The number of non-ortho nitro benzene ring substituents is 1. The number of halogens is 2. The van der Waals surface area contributed by atoms with E-state index < -0.39 is 11.5 Å². The number of hydrogen-bond donors (Lipinski definition) is 0. The second-order valence-electron chi connectivity index (χ2n) is 5.69. The third-order valence-corrected chi connectivity index (χ3v) is 3.86. The number of nitro benzene ring substituents is 1. The van der Waals surface area contributed by atoms with Crippen LogP contribution < -0.4 is 9.47 Å². The molecule has 1 aromatic heterocycles. The molecule has 0 radical (unpaired) electrons. The van der Waals surface area contributed by atoms with Gasteiger partial charge in [-0.3, -0.25) is 10.1 Å². The molecule has 0 aliphatic heterocycles. The summed E-state index contributed by atoms with van der Waals surface area (Å²) in [6, 6.07) is 12.6. The minimum atomic E-state index is -2.94. The Labute approximate surface area is 159 Å². The molecule has 0 N–H and O–H groups in total. The van der Waals surface area contributed by atoms with Gasteiger partial charge >= 0.3 is 6.61 Å². The highest BCUT2D eigenvalue weighted by Crippen LogP contribution is 2.30. The van der Waals surface area contributed by atoms with E-state index in [1.807, 2.05) is 0 Å². The highest BCUT2D eigenvalue weighted by Gasteiger charge is 2.12. The van der Waals surface area contributed by atoms with Gasteiger partial charge in [-0.25, -0.2) is 4.98 Å². The number of rotatable bonds is 7. The summed E-state index contributed by atoms with van der Waals surface area (Å²) in [7, 11) is 0. The molecule has 0 saturated heterocycles. The summed E-state index contributed by atoms with van der Waals surface area (Å²) < 4.78 is 34.7. The molecule has 6 nitrogen and oxygen atoms in total. The zero-order valence-corrected chi connectivity index (χ0v) is 14.8. The maximum Gasteiger partial charge on any atom is 0.387 e. The standard InChI is InChI=1S/C20H16F2N2O4/c1-2-27-19-12-13(7-11-18(19)28-20(21)22)6-8-14-9-10-15-16(23-14)4-3-5-17(15)24(25)26/h3-12,20H,2H2,1H3/b8-6+. The zero-order valence-electron chi connectivity index (χ0n) is 14.8. The number of aromatic nitrogens is 1. The lowest BCUT2D eigenvalue weighted by Crippen LogP contribution is -2.04. The van der Waals surface area contributed by atoms with Gasteiger partial charge in [-0.2, -0.15) is 8.78 Å². The largest absolute Gasteiger partial charge is 0.490 e. The molecule has 0 atom stereocenters. The van der Waals surface area contributed by atoms with Crippen LogP contribution in [-0.4, -0.2) is 23.1 Å². The molecule has 3 rings (SSSR count). The van der Waals surface area contributed by atoms with Crippen molar-refractivity contribution in [3.63, 3.8) is 0 Å². The quantitative estimate of drug-likeness (QED) is 0.406. The molecule has 0 aliphatic rings. The lowest BCUT2D eigenvalue weighted by Gasteiger charge is -2.11. The molecule has 0 saturated carbocycles. The van der Waals surface area contributed by atoms with E-state index in [2.05, 4.69) is 9.72 Å². The van der Waals surface area contributed by atoms with Gasteiger partial charge in [0.05, 0.1) is 28.1 Å². The van der Waals surface area contributed by atoms with Crippen LogP contribution >= 0.6 is 0 Å². The molecule has 0 bridgehead atoms. The second-order valence-corrected chi connectivity index (χ2v) is 5.69. The molecular formula is C20H16F2N2O4. The van der Waals surface area contributed by atoms with E-state index in [1.165, 1.54) is 12.1 Å². The first-order chi connectivity index (χ1) is 13.5. The third kappa shape index (κ3) is 4.40. The number of ether oxygens (including phenoxy) is 2. The summed E-state index contributed by atoms with van der Waals surface area (Å²) in [6.45, 7) is -0.892. The molecule has 0 aliphatic carbocycles. The Kier molecular flexibility index (Phi) is 5.78. The Morgan fingerprint density at radius 1 is 1.14 bits per heavy atom. The van der Waals surface area contributed by atoms with Crippen molar-refractivity contribution in [2.24, 2.45) is 0 Å². The van der Waals surface area contributed by atoms with Crippen LogP contribution in [0.3, 0.4) is 0 Å². The minimum Gasteiger partial charge on any atom is -0.490 e. The van der Waals surface area contributed by atoms with Crippen molar-refractivity contribution < 1.29 is 23.2 Å². The van der Waals surface area contributed by atoms with Crippen molar-refractivity contribution in [3.8, 4) is 11.5 Å². The van der Waals surface area contributed by atoms with Crippen LogP contribution in [-0.2, 0) is 0 Å². The van der Waals surface area contributed by atoms with Crippen molar-refractivity contribution in [2.75, 3.05) is 6.61 Å². The average molecular weight is 386 g/mol. The number of nitro groups is 1. The van der Waals surface area contributed by atoms with Crippen molar-refractivity contribution in [1.29, 1.82) is 0 Å². The second kappa shape index (κ2) is 8.43. The molecule has 1 heterocycles. The fraction of sp³-hybridized carbons (Fsp3) is 0.150. The number of nitrogens with zero attached hydrogens (tertiary/aromatic N) is 2. The van der Waals surface area contributed by atoms with Crippen LogP contribution in [0.5, 0.6) is 11.5 Å². The molecule has 8 heteroatoms. The van der Waals surface area contributed by atoms with Crippen LogP contribution in [0, 0.1) is 10.1 Å². The molecule has 28 heavy (non-hydrogen) atoms. The molecule has 0 fully saturated rings. The molecule has 144 valence electrons. The summed E-state index contributed by atoms with van der Waals surface area (Å²) in [5.74, 6) is 0.178. The first-order valence-corrected chi connectivity index (χ1v) is 8.42. The van der Waals surface area contributed by atoms with Gasteiger partial charge in [-0.15, -0.1) is 0 Å². The van der Waals surface area contributed by atoms with Gasteiger partial charge in [0.1, 0.15) is 0 Å². The highest BCUT2D eigenvalue weighted by atomic mass is 19.3. The molecule has 0 unspecified atom stereocenters. The Bertz CT molecular complexity index is 1040. The summed E-state index contributed by atoms with van der Waals surface area (Å²) in [5.41, 5.74) is 1.80. The maximum atomic E-state index is 12.5. The van der Waals surface area contributed by atoms with Gasteiger partial charge < -0.3 is 9.47 Å². The average Bonchev–Trinajstić information content (AvgIpc) is 2.67. The van der Waals surface area contributed by atoms with E-state index in [1.54, 1.807) is 55.5 Å². The summed E-state index contributed by atoms with van der Waals surface area (Å²) >= 11 is 0. The zero-order chi connectivity index (χ0) is 20.1. The van der Waals surface area contributed by atoms with E-state index in [4.69, 9.17) is 4.74 Å². The first-order valence-electron chi connectivity index (χ1n) is 8.42. The van der Waals surface area contributed by atoms with Crippen molar-refractivity contribution in [2.45, 2.75) is 13.5 Å². The van der Waals surface area contributed by atoms with Gasteiger partial charge in [0.15, 0.2) is 11.5 Å². The van der Waals surface area contributed by atoms with Gasteiger partial charge in [0, 0.05) is 6.07 Å². The van der Waals surface area contributed by atoms with Crippen molar-refractivity contribution in [1.82, 2.24) is 4.98 Å².